The van der Waals surface area contributed by atoms with Crippen molar-refractivity contribution >= 4 is 0 Å². The van der Waals surface area contributed by atoms with Crippen LogP contribution in [0.4, 0.5) is 0 Å². The second kappa shape index (κ2) is 6.36. The fourth-order valence-corrected chi connectivity index (χ4v) is 3.53. The van der Waals surface area contributed by atoms with Crippen LogP contribution in [-0.4, -0.2) is 38.0 Å². The van der Waals surface area contributed by atoms with Gasteiger partial charge in [-0.2, -0.15) is 0 Å². The Kier molecular flexibility index (Phi) is 5.05. The van der Waals surface area contributed by atoms with E-state index in [1.165, 1.54) is 38.5 Å². The molecule has 3 nitrogen and oxygen atoms in total. The molecule has 1 heterocycles. The van der Waals surface area contributed by atoms with E-state index in [1.807, 2.05) is 0 Å². The molecule has 0 aromatic rings. The average molecular weight is 255 g/mol. The van der Waals surface area contributed by atoms with Crippen LogP contribution in [0.15, 0.2) is 0 Å². The second-order valence-electron chi connectivity index (χ2n) is 6.27. The van der Waals surface area contributed by atoms with Crippen molar-refractivity contribution in [3.8, 4) is 0 Å². The summed E-state index contributed by atoms with van der Waals surface area (Å²) in [7, 11) is 2.06. The van der Waals surface area contributed by atoms with Crippen LogP contribution in [0, 0.1) is 5.92 Å². The van der Waals surface area contributed by atoms with E-state index in [-0.39, 0.29) is 5.60 Å². The SMILES string of the molecule is CNC(COC(C)C)C1CCOC2(CCCC2)C1. The summed E-state index contributed by atoms with van der Waals surface area (Å²) in [6.45, 7) is 5.98. The standard InChI is InChI=1S/C15H29NO2/c1-12(2)17-11-14(16-3)13-6-9-18-15(10-13)7-4-5-8-15/h12-14,16H,4-11H2,1-3H3. The normalized spacial score (nSPS) is 29.0. The van der Waals surface area contributed by atoms with Crippen LogP contribution in [-0.2, 0) is 9.47 Å². The van der Waals surface area contributed by atoms with E-state index in [4.69, 9.17) is 9.47 Å². The molecule has 18 heavy (non-hydrogen) atoms. The number of likely N-dealkylation sites (N-methyl/N-ethyl adjacent to an activating group) is 1. The van der Waals surface area contributed by atoms with Crippen molar-refractivity contribution in [2.75, 3.05) is 20.3 Å². The van der Waals surface area contributed by atoms with E-state index in [0.717, 1.165) is 13.2 Å². The van der Waals surface area contributed by atoms with Crippen LogP contribution in [0.25, 0.3) is 0 Å². The van der Waals surface area contributed by atoms with Gasteiger partial charge in [0.15, 0.2) is 0 Å². The minimum atomic E-state index is 0.218. The Labute approximate surface area is 112 Å². The molecule has 0 amide bonds. The van der Waals surface area contributed by atoms with Crippen molar-refractivity contribution in [2.24, 2.45) is 5.92 Å². The molecule has 2 fully saturated rings. The highest BCUT2D eigenvalue weighted by molar-refractivity contribution is 4.94. The quantitative estimate of drug-likeness (QED) is 0.819. The van der Waals surface area contributed by atoms with Gasteiger partial charge in [0.1, 0.15) is 0 Å². The molecule has 2 aliphatic rings. The Hall–Kier alpha value is -0.120. The van der Waals surface area contributed by atoms with Crippen LogP contribution in [0.1, 0.15) is 52.4 Å². The number of rotatable bonds is 5. The topological polar surface area (TPSA) is 30.5 Å². The Morgan fingerprint density at radius 1 is 1.33 bits per heavy atom. The molecule has 0 aromatic heterocycles. The highest BCUT2D eigenvalue weighted by atomic mass is 16.5. The van der Waals surface area contributed by atoms with Gasteiger partial charge in [-0.05, 0) is 52.5 Å². The minimum Gasteiger partial charge on any atom is -0.377 e. The maximum atomic E-state index is 6.11. The molecule has 2 atom stereocenters. The summed E-state index contributed by atoms with van der Waals surface area (Å²) >= 11 is 0. The first-order chi connectivity index (χ1) is 8.65. The molecule has 2 unspecified atom stereocenters. The summed E-state index contributed by atoms with van der Waals surface area (Å²) in [5.74, 6) is 0.709. The molecule has 0 radical (unpaired) electrons. The smallest absolute Gasteiger partial charge is 0.0685 e. The molecular formula is C15H29NO2. The fourth-order valence-electron chi connectivity index (χ4n) is 3.53. The molecular weight excluding hydrogens is 226 g/mol. The maximum Gasteiger partial charge on any atom is 0.0685 e. The molecule has 1 saturated carbocycles. The number of hydrogen-bond donors (Lipinski definition) is 1. The van der Waals surface area contributed by atoms with Crippen LogP contribution in [0.5, 0.6) is 0 Å². The van der Waals surface area contributed by atoms with Gasteiger partial charge in [-0.1, -0.05) is 12.8 Å². The summed E-state index contributed by atoms with van der Waals surface area (Å²) in [6.07, 6.45) is 7.95. The first-order valence-electron chi connectivity index (χ1n) is 7.58. The van der Waals surface area contributed by atoms with Gasteiger partial charge in [-0.15, -0.1) is 0 Å². The van der Waals surface area contributed by atoms with Crippen molar-refractivity contribution < 1.29 is 9.47 Å². The van der Waals surface area contributed by atoms with Crippen LogP contribution < -0.4 is 5.32 Å². The largest absolute Gasteiger partial charge is 0.377 e. The molecule has 1 aliphatic carbocycles. The lowest BCUT2D eigenvalue weighted by Crippen LogP contribution is -2.47. The lowest BCUT2D eigenvalue weighted by Gasteiger charge is -2.41. The summed E-state index contributed by atoms with van der Waals surface area (Å²) in [6, 6.07) is 0.480. The number of hydrogen-bond acceptors (Lipinski definition) is 3. The Morgan fingerprint density at radius 2 is 2.06 bits per heavy atom. The third-order valence-electron chi connectivity index (χ3n) is 4.59. The Bertz CT molecular complexity index is 249. The average Bonchev–Trinajstić information content (AvgIpc) is 2.78. The molecule has 106 valence electrons. The molecule has 2 rings (SSSR count). The van der Waals surface area contributed by atoms with Crippen LogP contribution >= 0.6 is 0 Å². The van der Waals surface area contributed by atoms with E-state index in [2.05, 4.69) is 26.2 Å². The van der Waals surface area contributed by atoms with E-state index < -0.39 is 0 Å². The van der Waals surface area contributed by atoms with E-state index in [9.17, 15) is 0 Å². The summed E-state index contributed by atoms with van der Waals surface area (Å²) in [5.41, 5.74) is 0.218. The van der Waals surface area contributed by atoms with Gasteiger partial charge >= 0.3 is 0 Å². The third-order valence-corrected chi connectivity index (χ3v) is 4.59. The monoisotopic (exact) mass is 255 g/mol. The fraction of sp³-hybridized carbons (Fsp3) is 1.00. The highest BCUT2D eigenvalue weighted by Crippen LogP contribution is 2.42. The minimum absolute atomic E-state index is 0.218. The predicted octanol–water partition coefficient (Wildman–Crippen LogP) is 2.74. The molecule has 1 saturated heterocycles. The maximum absolute atomic E-state index is 6.11. The van der Waals surface area contributed by atoms with Gasteiger partial charge in [0.2, 0.25) is 0 Å². The second-order valence-corrected chi connectivity index (χ2v) is 6.27. The van der Waals surface area contributed by atoms with Gasteiger partial charge < -0.3 is 14.8 Å². The lowest BCUT2D eigenvalue weighted by atomic mass is 9.81. The first kappa shape index (κ1) is 14.3. The van der Waals surface area contributed by atoms with Crippen molar-refractivity contribution in [1.82, 2.24) is 5.32 Å². The number of ether oxygens (including phenoxy) is 2. The summed E-state index contributed by atoms with van der Waals surface area (Å²) < 4.78 is 11.9. The van der Waals surface area contributed by atoms with Gasteiger partial charge in [0.05, 0.1) is 18.3 Å². The molecule has 1 N–H and O–H groups in total. The van der Waals surface area contributed by atoms with Crippen LogP contribution in [0.2, 0.25) is 0 Å². The van der Waals surface area contributed by atoms with Gasteiger partial charge in [-0.3, -0.25) is 0 Å². The zero-order chi connectivity index (χ0) is 13.0. The van der Waals surface area contributed by atoms with E-state index in [0.29, 0.717) is 18.1 Å². The zero-order valence-corrected chi connectivity index (χ0v) is 12.2. The van der Waals surface area contributed by atoms with Gasteiger partial charge in [-0.25, -0.2) is 0 Å². The number of nitrogens with one attached hydrogen (secondary N) is 1. The van der Waals surface area contributed by atoms with Crippen molar-refractivity contribution in [3.63, 3.8) is 0 Å². The van der Waals surface area contributed by atoms with Crippen molar-refractivity contribution in [1.29, 1.82) is 0 Å². The lowest BCUT2D eigenvalue weighted by molar-refractivity contribution is -0.102. The van der Waals surface area contributed by atoms with Gasteiger partial charge in [0, 0.05) is 12.6 Å². The third kappa shape index (κ3) is 3.46. The van der Waals surface area contributed by atoms with E-state index in [1.54, 1.807) is 0 Å². The highest BCUT2D eigenvalue weighted by Gasteiger charge is 2.41. The molecule has 3 heteroatoms. The molecule has 1 aliphatic heterocycles. The molecule has 0 bridgehead atoms. The first-order valence-corrected chi connectivity index (χ1v) is 7.58. The van der Waals surface area contributed by atoms with E-state index >= 15 is 0 Å². The Morgan fingerprint density at radius 3 is 2.67 bits per heavy atom. The van der Waals surface area contributed by atoms with Gasteiger partial charge in [0.25, 0.3) is 0 Å². The van der Waals surface area contributed by atoms with Crippen molar-refractivity contribution in [2.45, 2.75) is 70.1 Å². The van der Waals surface area contributed by atoms with Crippen molar-refractivity contribution in [3.05, 3.63) is 0 Å². The summed E-state index contributed by atoms with van der Waals surface area (Å²) in [4.78, 5) is 0. The Balaban J connectivity index is 1.89. The van der Waals surface area contributed by atoms with Crippen LogP contribution in [0.3, 0.4) is 0 Å². The zero-order valence-electron chi connectivity index (χ0n) is 12.2. The molecule has 1 spiro atoms. The predicted molar refractivity (Wildman–Crippen MR) is 73.8 cm³/mol. The summed E-state index contributed by atoms with van der Waals surface area (Å²) in [5, 5.41) is 3.45. The molecule has 0 aromatic carbocycles.